The fourth-order valence-corrected chi connectivity index (χ4v) is 1.84. The van der Waals surface area contributed by atoms with Crippen LogP contribution in [0.3, 0.4) is 0 Å². The number of H-pyrrole nitrogens is 1. The molecule has 3 aromatic rings. The SMILES string of the molecule is NCc1nc(-c2ccc(-c3ccccn3)cc2)n[nH]1. The maximum absolute atomic E-state index is 5.50. The molecule has 5 nitrogen and oxygen atoms in total. The Kier molecular flexibility index (Phi) is 3.04. The van der Waals surface area contributed by atoms with Gasteiger partial charge in [-0.15, -0.1) is 0 Å². The van der Waals surface area contributed by atoms with E-state index in [1.165, 1.54) is 0 Å². The van der Waals surface area contributed by atoms with Crippen LogP contribution >= 0.6 is 0 Å². The lowest BCUT2D eigenvalue weighted by Gasteiger charge is -2.01. The number of pyridine rings is 1. The van der Waals surface area contributed by atoms with Crippen LogP contribution in [-0.2, 0) is 6.54 Å². The van der Waals surface area contributed by atoms with E-state index in [0.29, 0.717) is 18.2 Å². The number of aromatic nitrogens is 4. The summed E-state index contributed by atoms with van der Waals surface area (Å²) in [5.74, 6) is 1.34. The van der Waals surface area contributed by atoms with Crippen molar-refractivity contribution in [3.63, 3.8) is 0 Å². The van der Waals surface area contributed by atoms with Crippen LogP contribution in [0.1, 0.15) is 5.82 Å². The van der Waals surface area contributed by atoms with Crippen molar-refractivity contribution in [3.05, 3.63) is 54.5 Å². The normalized spacial score (nSPS) is 10.6. The monoisotopic (exact) mass is 251 g/mol. The van der Waals surface area contributed by atoms with Crippen molar-refractivity contribution in [1.29, 1.82) is 0 Å². The summed E-state index contributed by atoms with van der Waals surface area (Å²) in [6.07, 6.45) is 1.78. The summed E-state index contributed by atoms with van der Waals surface area (Å²) >= 11 is 0. The summed E-state index contributed by atoms with van der Waals surface area (Å²) in [7, 11) is 0. The average Bonchev–Trinajstić information content (AvgIpc) is 2.97. The first-order valence-corrected chi connectivity index (χ1v) is 6.00. The molecule has 19 heavy (non-hydrogen) atoms. The van der Waals surface area contributed by atoms with Crippen molar-refractivity contribution in [3.8, 4) is 22.6 Å². The van der Waals surface area contributed by atoms with Crippen molar-refractivity contribution < 1.29 is 0 Å². The van der Waals surface area contributed by atoms with Crippen molar-refractivity contribution >= 4 is 0 Å². The minimum atomic E-state index is 0.360. The standard InChI is InChI=1S/C14H13N5/c15-9-13-17-14(19-18-13)11-6-4-10(5-7-11)12-3-1-2-8-16-12/h1-8H,9,15H2,(H,17,18,19). The maximum atomic E-state index is 5.50. The molecule has 0 aliphatic heterocycles. The van der Waals surface area contributed by atoms with Crippen LogP contribution in [0.25, 0.3) is 22.6 Å². The van der Waals surface area contributed by atoms with Gasteiger partial charge in [0, 0.05) is 17.3 Å². The number of nitrogens with one attached hydrogen (secondary N) is 1. The second-order valence-electron chi connectivity index (χ2n) is 4.10. The van der Waals surface area contributed by atoms with E-state index in [2.05, 4.69) is 20.2 Å². The minimum Gasteiger partial charge on any atom is -0.324 e. The molecule has 2 aromatic heterocycles. The Labute approximate surface area is 110 Å². The number of hydrogen-bond donors (Lipinski definition) is 2. The first kappa shape index (κ1) is 11.6. The molecule has 0 atom stereocenters. The van der Waals surface area contributed by atoms with E-state index in [4.69, 9.17) is 5.73 Å². The summed E-state index contributed by atoms with van der Waals surface area (Å²) in [5.41, 5.74) is 8.47. The van der Waals surface area contributed by atoms with Gasteiger partial charge in [-0.25, -0.2) is 4.98 Å². The first-order valence-electron chi connectivity index (χ1n) is 6.00. The van der Waals surface area contributed by atoms with Gasteiger partial charge in [0.2, 0.25) is 0 Å². The molecule has 3 N–H and O–H groups in total. The zero-order valence-electron chi connectivity index (χ0n) is 10.2. The Hall–Kier alpha value is -2.53. The van der Waals surface area contributed by atoms with Crippen molar-refractivity contribution in [2.45, 2.75) is 6.54 Å². The fraction of sp³-hybridized carbons (Fsp3) is 0.0714. The molecule has 0 aliphatic carbocycles. The van der Waals surface area contributed by atoms with Crippen LogP contribution in [0.15, 0.2) is 48.7 Å². The van der Waals surface area contributed by atoms with Gasteiger partial charge < -0.3 is 5.73 Å². The highest BCUT2D eigenvalue weighted by Gasteiger charge is 2.05. The van der Waals surface area contributed by atoms with Gasteiger partial charge in [0.05, 0.1) is 12.2 Å². The molecule has 0 saturated carbocycles. The third-order valence-corrected chi connectivity index (χ3v) is 2.83. The van der Waals surface area contributed by atoms with E-state index in [1.807, 2.05) is 42.5 Å². The highest BCUT2D eigenvalue weighted by atomic mass is 15.2. The average molecular weight is 251 g/mol. The van der Waals surface area contributed by atoms with E-state index < -0.39 is 0 Å². The molecule has 0 unspecified atom stereocenters. The largest absolute Gasteiger partial charge is 0.324 e. The molecule has 0 bridgehead atoms. The molecule has 0 aliphatic rings. The highest BCUT2D eigenvalue weighted by Crippen LogP contribution is 2.21. The Morgan fingerprint density at radius 2 is 1.79 bits per heavy atom. The van der Waals surface area contributed by atoms with Gasteiger partial charge in [0.1, 0.15) is 5.82 Å². The molecule has 5 heteroatoms. The van der Waals surface area contributed by atoms with Crippen LogP contribution in [0.5, 0.6) is 0 Å². The molecule has 94 valence electrons. The minimum absolute atomic E-state index is 0.360. The number of aromatic amines is 1. The van der Waals surface area contributed by atoms with Gasteiger partial charge in [-0.05, 0) is 12.1 Å². The van der Waals surface area contributed by atoms with E-state index in [-0.39, 0.29) is 0 Å². The Bertz CT molecular complexity index is 658. The number of nitrogens with two attached hydrogens (primary N) is 1. The zero-order chi connectivity index (χ0) is 13.1. The maximum Gasteiger partial charge on any atom is 0.181 e. The quantitative estimate of drug-likeness (QED) is 0.746. The lowest BCUT2D eigenvalue weighted by Crippen LogP contribution is -1.97. The third kappa shape index (κ3) is 2.36. The number of nitrogens with zero attached hydrogens (tertiary/aromatic N) is 3. The molecule has 0 radical (unpaired) electrons. The topological polar surface area (TPSA) is 80.5 Å². The molecule has 2 heterocycles. The van der Waals surface area contributed by atoms with Gasteiger partial charge in [-0.2, -0.15) is 5.10 Å². The summed E-state index contributed by atoms with van der Waals surface area (Å²) in [6.45, 7) is 0.360. The van der Waals surface area contributed by atoms with E-state index in [9.17, 15) is 0 Å². The molecule has 1 aromatic carbocycles. The summed E-state index contributed by atoms with van der Waals surface area (Å²) < 4.78 is 0. The lowest BCUT2D eigenvalue weighted by atomic mass is 10.1. The first-order chi connectivity index (χ1) is 9.36. The number of rotatable bonds is 3. The van der Waals surface area contributed by atoms with Gasteiger partial charge in [-0.1, -0.05) is 30.3 Å². The second-order valence-corrected chi connectivity index (χ2v) is 4.10. The van der Waals surface area contributed by atoms with Crippen molar-refractivity contribution in [2.24, 2.45) is 5.73 Å². The third-order valence-electron chi connectivity index (χ3n) is 2.83. The lowest BCUT2D eigenvalue weighted by molar-refractivity contribution is 0.917. The van der Waals surface area contributed by atoms with E-state index >= 15 is 0 Å². The summed E-state index contributed by atoms with van der Waals surface area (Å²) in [4.78, 5) is 8.61. The molecular formula is C14H13N5. The molecule has 3 rings (SSSR count). The van der Waals surface area contributed by atoms with Gasteiger partial charge in [0.15, 0.2) is 5.82 Å². The van der Waals surface area contributed by atoms with Gasteiger partial charge in [0.25, 0.3) is 0 Å². The molecular weight excluding hydrogens is 238 g/mol. The number of benzene rings is 1. The molecule has 0 fully saturated rings. The number of hydrogen-bond acceptors (Lipinski definition) is 4. The smallest absolute Gasteiger partial charge is 0.181 e. The van der Waals surface area contributed by atoms with Crippen LogP contribution < -0.4 is 5.73 Å². The molecule has 0 amide bonds. The molecule has 0 spiro atoms. The predicted octanol–water partition coefficient (Wildman–Crippen LogP) is 1.99. The summed E-state index contributed by atoms with van der Waals surface area (Å²) in [5, 5.41) is 6.93. The second kappa shape index (κ2) is 4.99. The zero-order valence-corrected chi connectivity index (χ0v) is 10.2. The van der Waals surface area contributed by atoms with Crippen LogP contribution in [0.2, 0.25) is 0 Å². The van der Waals surface area contributed by atoms with Crippen molar-refractivity contribution in [2.75, 3.05) is 0 Å². The molecule has 0 saturated heterocycles. The van der Waals surface area contributed by atoms with Crippen LogP contribution in [-0.4, -0.2) is 20.2 Å². The Morgan fingerprint density at radius 1 is 1.00 bits per heavy atom. The highest BCUT2D eigenvalue weighted by molar-refractivity contribution is 5.64. The van der Waals surface area contributed by atoms with Gasteiger partial charge in [-0.3, -0.25) is 10.1 Å². The summed E-state index contributed by atoms with van der Waals surface area (Å²) in [6, 6.07) is 13.8. The van der Waals surface area contributed by atoms with E-state index in [1.54, 1.807) is 6.20 Å². The van der Waals surface area contributed by atoms with E-state index in [0.717, 1.165) is 16.8 Å². The van der Waals surface area contributed by atoms with Crippen LogP contribution in [0.4, 0.5) is 0 Å². The predicted molar refractivity (Wildman–Crippen MR) is 72.9 cm³/mol. The Morgan fingerprint density at radius 3 is 2.42 bits per heavy atom. The fourth-order valence-electron chi connectivity index (χ4n) is 1.84. The van der Waals surface area contributed by atoms with Crippen LogP contribution in [0, 0.1) is 0 Å². The Balaban J connectivity index is 1.90. The van der Waals surface area contributed by atoms with Gasteiger partial charge >= 0.3 is 0 Å². The van der Waals surface area contributed by atoms with Crippen molar-refractivity contribution in [1.82, 2.24) is 20.2 Å².